The van der Waals surface area contributed by atoms with E-state index < -0.39 is 23.6 Å². The number of hydrogen-bond acceptors (Lipinski definition) is 8. The van der Waals surface area contributed by atoms with E-state index in [1.807, 2.05) is 0 Å². The van der Waals surface area contributed by atoms with Crippen molar-refractivity contribution in [3.05, 3.63) is 29.8 Å². The highest BCUT2D eigenvalue weighted by molar-refractivity contribution is 6.25. The third-order valence-electron chi connectivity index (χ3n) is 3.89. The number of rotatable bonds is 13. The van der Waals surface area contributed by atoms with E-state index in [2.05, 4.69) is 0 Å². The summed E-state index contributed by atoms with van der Waals surface area (Å²) >= 11 is 0. The first-order chi connectivity index (χ1) is 13.9. The molecule has 1 rings (SSSR count). The van der Waals surface area contributed by atoms with Gasteiger partial charge in [0.25, 0.3) is 0 Å². The van der Waals surface area contributed by atoms with Crippen molar-refractivity contribution in [3.63, 3.8) is 0 Å². The SMILES string of the molecule is COc1ccc(C=CC(=O)OCCCCOC(=O)C(C)CC(=O)C=O)cc1OC. The number of methoxy groups -OCH3 is 2. The maximum atomic E-state index is 11.7. The van der Waals surface area contributed by atoms with Gasteiger partial charge < -0.3 is 18.9 Å². The molecule has 0 saturated carbocycles. The standard InChI is InChI=1S/C21H26O8/c1-15(12-17(23)14-22)21(25)29-11-5-4-10-28-20(24)9-7-16-6-8-18(26-2)19(13-16)27-3/h6-9,13-15H,4-5,10-12H2,1-3H3. The number of Topliss-reactive ketones (excluding diaryl/α,β-unsaturated/α-hetero) is 1. The quantitative estimate of drug-likeness (QED) is 0.162. The minimum atomic E-state index is -0.660. The molecule has 0 heterocycles. The van der Waals surface area contributed by atoms with Crippen LogP contribution in [0.4, 0.5) is 0 Å². The lowest BCUT2D eigenvalue weighted by molar-refractivity contribution is -0.150. The van der Waals surface area contributed by atoms with Crippen LogP contribution in [0.25, 0.3) is 6.08 Å². The molecule has 1 aromatic carbocycles. The Balaban J connectivity index is 2.26. The van der Waals surface area contributed by atoms with Gasteiger partial charge in [0, 0.05) is 12.5 Å². The van der Waals surface area contributed by atoms with Crippen molar-refractivity contribution in [1.29, 1.82) is 0 Å². The first-order valence-electron chi connectivity index (χ1n) is 9.12. The summed E-state index contributed by atoms with van der Waals surface area (Å²) in [7, 11) is 3.07. The number of hydrogen-bond donors (Lipinski definition) is 0. The monoisotopic (exact) mass is 406 g/mol. The molecular weight excluding hydrogens is 380 g/mol. The molecule has 0 aliphatic heterocycles. The average Bonchev–Trinajstić information content (AvgIpc) is 2.73. The molecule has 0 bridgehead atoms. The lowest BCUT2D eigenvalue weighted by Gasteiger charge is -2.09. The van der Waals surface area contributed by atoms with Crippen LogP contribution in [0, 0.1) is 5.92 Å². The molecule has 0 radical (unpaired) electrons. The molecule has 0 spiro atoms. The summed E-state index contributed by atoms with van der Waals surface area (Å²) in [5.41, 5.74) is 0.758. The van der Waals surface area contributed by atoms with Gasteiger partial charge >= 0.3 is 11.9 Å². The highest BCUT2D eigenvalue weighted by Gasteiger charge is 2.17. The van der Waals surface area contributed by atoms with E-state index in [0.717, 1.165) is 5.56 Å². The summed E-state index contributed by atoms with van der Waals surface area (Å²) in [6.45, 7) is 1.86. The number of aldehydes is 1. The van der Waals surface area contributed by atoms with Gasteiger partial charge in [-0.15, -0.1) is 0 Å². The van der Waals surface area contributed by atoms with Crippen LogP contribution in [0.1, 0.15) is 31.7 Å². The minimum Gasteiger partial charge on any atom is -0.493 e. The largest absolute Gasteiger partial charge is 0.493 e. The topological polar surface area (TPSA) is 105 Å². The smallest absolute Gasteiger partial charge is 0.330 e. The molecule has 0 N–H and O–H groups in total. The van der Waals surface area contributed by atoms with Crippen LogP contribution >= 0.6 is 0 Å². The van der Waals surface area contributed by atoms with Gasteiger partial charge in [0.2, 0.25) is 0 Å². The Labute approximate surface area is 169 Å². The average molecular weight is 406 g/mol. The predicted octanol–water partition coefficient (Wildman–Crippen LogP) is 2.38. The van der Waals surface area contributed by atoms with Crippen molar-refractivity contribution in [1.82, 2.24) is 0 Å². The summed E-state index contributed by atoms with van der Waals surface area (Å²) in [5, 5.41) is 0. The van der Waals surface area contributed by atoms with Crippen LogP contribution in [-0.2, 0) is 28.7 Å². The first kappa shape index (κ1) is 23.9. The second-order valence-corrected chi connectivity index (χ2v) is 6.18. The van der Waals surface area contributed by atoms with Crippen molar-refractivity contribution in [3.8, 4) is 11.5 Å². The Kier molecular flexibility index (Phi) is 10.8. The summed E-state index contributed by atoms with van der Waals surface area (Å²) in [6, 6.07) is 5.25. The van der Waals surface area contributed by atoms with Crippen LogP contribution in [-0.4, -0.2) is 51.4 Å². The normalized spacial score (nSPS) is 11.6. The molecule has 29 heavy (non-hydrogen) atoms. The lowest BCUT2D eigenvalue weighted by Crippen LogP contribution is -2.19. The maximum Gasteiger partial charge on any atom is 0.330 e. The minimum absolute atomic E-state index is 0.150. The third kappa shape index (κ3) is 9.05. The van der Waals surface area contributed by atoms with Gasteiger partial charge in [-0.05, 0) is 36.6 Å². The van der Waals surface area contributed by atoms with E-state index in [0.29, 0.717) is 24.3 Å². The number of ketones is 1. The molecule has 8 heteroatoms. The molecule has 0 aliphatic carbocycles. The van der Waals surface area contributed by atoms with Crippen molar-refractivity contribution >= 4 is 30.1 Å². The molecular formula is C21H26O8. The van der Waals surface area contributed by atoms with Crippen molar-refractivity contribution in [2.75, 3.05) is 27.4 Å². The zero-order valence-electron chi connectivity index (χ0n) is 16.8. The summed E-state index contributed by atoms with van der Waals surface area (Å²) < 4.78 is 20.4. The highest BCUT2D eigenvalue weighted by Crippen LogP contribution is 2.27. The summed E-state index contributed by atoms with van der Waals surface area (Å²) in [5.74, 6) is -1.16. The van der Waals surface area contributed by atoms with Crippen LogP contribution in [0.5, 0.6) is 11.5 Å². The first-order valence-corrected chi connectivity index (χ1v) is 9.12. The molecule has 0 saturated heterocycles. The van der Waals surface area contributed by atoms with Gasteiger partial charge in [0.05, 0.1) is 33.4 Å². The maximum absolute atomic E-state index is 11.7. The Morgan fingerprint density at radius 2 is 1.66 bits per heavy atom. The fraction of sp³-hybridized carbons (Fsp3) is 0.429. The number of benzene rings is 1. The van der Waals surface area contributed by atoms with E-state index >= 15 is 0 Å². The molecule has 0 fully saturated rings. The molecule has 0 amide bonds. The van der Waals surface area contributed by atoms with Gasteiger partial charge in [0.15, 0.2) is 23.6 Å². The van der Waals surface area contributed by atoms with Crippen LogP contribution in [0.2, 0.25) is 0 Å². The van der Waals surface area contributed by atoms with E-state index in [9.17, 15) is 19.2 Å². The van der Waals surface area contributed by atoms with Crippen LogP contribution < -0.4 is 9.47 Å². The third-order valence-corrected chi connectivity index (χ3v) is 3.89. The van der Waals surface area contributed by atoms with E-state index in [-0.39, 0.29) is 25.9 Å². The summed E-state index contributed by atoms with van der Waals surface area (Å²) in [4.78, 5) is 44.6. The number of carbonyl (C=O) groups excluding carboxylic acids is 4. The van der Waals surface area contributed by atoms with Gasteiger partial charge in [0.1, 0.15) is 0 Å². The fourth-order valence-electron chi connectivity index (χ4n) is 2.29. The Bertz CT molecular complexity index is 738. The molecule has 0 aliphatic rings. The second kappa shape index (κ2) is 13.1. The van der Waals surface area contributed by atoms with Crippen LogP contribution in [0.3, 0.4) is 0 Å². The predicted molar refractivity (Wildman–Crippen MR) is 105 cm³/mol. The number of carbonyl (C=O) groups is 4. The van der Waals surface area contributed by atoms with E-state index in [1.165, 1.54) is 20.1 Å². The molecule has 8 nitrogen and oxygen atoms in total. The van der Waals surface area contributed by atoms with Crippen molar-refractivity contribution in [2.45, 2.75) is 26.2 Å². The van der Waals surface area contributed by atoms with Gasteiger partial charge in [-0.1, -0.05) is 13.0 Å². The van der Waals surface area contributed by atoms with E-state index in [4.69, 9.17) is 18.9 Å². The van der Waals surface area contributed by atoms with Gasteiger partial charge in [-0.25, -0.2) is 4.79 Å². The molecule has 158 valence electrons. The second-order valence-electron chi connectivity index (χ2n) is 6.18. The lowest BCUT2D eigenvalue weighted by atomic mass is 10.1. The van der Waals surface area contributed by atoms with Crippen molar-refractivity contribution < 1.29 is 38.1 Å². The molecule has 1 unspecified atom stereocenters. The van der Waals surface area contributed by atoms with Gasteiger partial charge in [-0.3, -0.25) is 14.4 Å². The van der Waals surface area contributed by atoms with Crippen LogP contribution in [0.15, 0.2) is 24.3 Å². The zero-order chi connectivity index (χ0) is 21.6. The van der Waals surface area contributed by atoms with Gasteiger partial charge in [-0.2, -0.15) is 0 Å². The number of ether oxygens (including phenoxy) is 4. The fourth-order valence-corrected chi connectivity index (χ4v) is 2.29. The molecule has 1 aromatic rings. The number of esters is 2. The number of unbranched alkanes of at least 4 members (excludes halogenated alkanes) is 1. The van der Waals surface area contributed by atoms with E-state index in [1.54, 1.807) is 31.4 Å². The molecule has 1 atom stereocenters. The Morgan fingerprint density at radius 3 is 2.28 bits per heavy atom. The highest BCUT2D eigenvalue weighted by atomic mass is 16.5. The van der Waals surface area contributed by atoms with Crippen molar-refractivity contribution in [2.24, 2.45) is 5.92 Å². The molecule has 0 aromatic heterocycles. The summed E-state index contributed by atoms with van der Waals surface area (Å²) in [6.07, 6.45) is 3.97. The Hall–Kier alpha value is -3.16. The Morgan fingerprint density at radius 1 is 1.00 bits per heavy atom. The zero-order valence-corrected chi connectivity index (χ0v) is 16.8.